The van der Waals surface area contributed by atoms with Gasteiger partial charge in [-0.1, -0.05) is 84.1 Å². The van der Waals surface area contributed by atoms with Gasteiger partial charge in [-0.2, -0.15) is 0 Å². The van der Waals surface area contributed by atoms with Crippen LogP contribution in [0.4, 0.5) is 0 Å². The van der Waals surface area contributed by atoms with Crippen molar-refractivity contribution < 1.29 is 9.47 Å². The normalized spacial score (nSPS) is 16.0. The maximum Gasteiger partial charge on any atom is 0.271 e. The number of aromatic nitrogens is 1. The van der Waals surface area contributed by atoms with E-state index in [0.29, 0.717) is 15.1 Å². The molecule has 210 valence electrons. The van der Waals surface area contributed by atoms with E-state index in [2.05, 4.69) is 84.9 Å². The number of hydrogen-bond acceptors (Lipinski definition) is 5. The number of ether oxygens (including phenoxy) is 2. The third-order valence-corrected chi connectivity index (χ3v) is 9.68. The fourth-order valence-corrected chi connectivity index (χ4v) is 7.67. The number of benzene rings is 5. The summed E-state index contributed by atoms with van der Waals surface area (Å²) in [5.41, 5.74) is 6.38. The number of fused-ring (bicyclic) bond motifs is 5. The van der Waals surface area contributed by atoms with Crippen LogP contribution in [0.1, 0.15) is 34.7 Å². The van der Waals surface area contributed by atoms with Gasteiger partial charge in [0, 0.05) is 11.1 Å². The lowest BCUT2D eigenvalue weighted by Crippen LogP contribution is -2.39. The van der Waals surface area contributed by atoms with E-state index in [1.54, 1.807) is 14.2 Å². The van der Waals surface area contributed by atoms with E-state index in [0.717, 1.165) is 68.1 Å². The van der Waals surface area contributed by atoms with Gasteiger partial charge in [0.25, 0.3) is 5.56 Å². The Morgan fingerprint density at radius 1 is 0.837 bits per heavy atom. The molecule has 1 aliphatic carbocycles. The highest BCUT2D eigenvalue weighted by Gasteiger charge is 2.34. The average Bonchev–Trinajstić information content (AvgIpc) is 3.37. The Balaban J connectivity index is 1.45. The molecule has 1 aliphatic heterocycles. The first-order valence-corrected chi connectivity index (χ1v) is 15.2. The minimum absolute atomic E-state index is 0.0546. The highest BCUT2D eigenvalue weighted by atomic mass is 32.1. The molecule has 1 aromatic heterocycles. The van der Waals surface area contributed by atoms with Crippen LogP contribution in [0, 0.1) is 0 Å². The van der Waals surface area contributed by atoms with Crippen LogP contribution in [0.2, 0.25) is 0 Å². The molecule has 0 radical (unpaired) electrons. The van der Waals surface area contributed by atoms with Crippen LogP contribution in [-0.4, -0.2) is 18.8 Å². The van der Waals surface area contributed by atoms with Crippen molar-refractivity contribution in [2.75, 3.05) is 14.2 Å². The highest BCUT2D eigenvalue weighted by molar-refractivity contribution is 7.07. The number of aryl methyl sites for hydroxylation is 1. The highest BCUT2D eigenvalue weighted by Crippen LogP contribution is 2.44. The van der Waals surface area contributed by atoms with Gasteiger partial charge in [0.2, 0.25) is 0 Å². The fourth-order valence-electron chi connectivity index (χ4n) is 6.69. The number of allylic oxidation sites excluding steroid dienone is 1. The first kappa shape index (κ1) is 25.7. The second-order valence-corrected chi connectivity index (χ2v) is 12.0. The van der Waals surface area contributed by atoms with Gasteiger partial charge < -0.3 is 9.47 Å². The summed E-state index contributed by atoms with van der Waals surface area (Å²) in [6.45, 7) is 0. The molecule has 0 fully saturated rings. The van der Waals surface area contributed by atoms with Crippen molar-refractivity contribution in [1.29, 1.82) is 0 Å². The summed E-state index contributed by atoms with van der Waals surface area (Å²) >= 11 is 1.45. The number of rotatable bonds is 4. The third-order valence-electron chi connectivity index (χ3n) is 8.69. The standard InChI is InChI=1S/C37H28N2O3S/c1-41-25-16-18-32(42-2)31(20-25)35-29-17-15-22-9-3-8-14-28(22)34(29)38-37-39(35)36(40)33(43-37)21-30-26-12-6-4-10-23(26)19-24-11-5-7-13-27(24)30/h3-14,16,18-21,35H,15,17H2,1-2H3/b33-21+. The van der Waals surface area contributed by atoms with Crippen LogP contribution >= 0.6 is 11.3 Å². The predicted octanol–water partition coefficient (Wildman–Crippen LogP) is 6.64. The number of hydrogen-bond donors (Lipinski definition) is 0. The van der Waals surface area contributed by atoms with Crippen molar-refractivity contribution >= 4 is 44.7 Å². The van der Waals surface area contributed by atoms with Crippen molar-refractivity contribution in [2.45, 2.75) is 18.9 Å². The first-order chi connectivity index (χ1) is 21.1. The Kier molecular flexibility index (Phi) is 6.05. The Bertz CT molecular complexity index is 2260. The van der Waals surface area contributed by atoms with E-state index in [1.807, 2.05) is 22.8 Å². The van der Waals surface area contributed by atoms with Crippen molar-refractivity contribution in [1.82, 2.24) is 4.57 Å². The number of thiazole rings is 1. The van der Waals surface area contributed by atoms with Crippen molar-refractivity contribution in [2.24, 2.45) is 4.99 Å². The summed E-state index contributed by atoms with van der Waals surface area (Å²) in [5.74, 6) is 1.43. The molecule has 5 aromatic carbocycles. The van der Waals surface area contributed by atoms with Gasteiger partial charge in [-0.15, -0.1) is 0 Å². The molecule has 2 heterocycles. The molecule has 0 saturated carbocycles. The lowest BCUT2D eigenvalue weighted by Gasteiger charge is -2.31. The molecule has 0 spiro atoms. The lowest BCUT2D eigenvalue weighted by molar-refractivity contribution is 0.392. The van der Waals surface area contributed by atoms with Crippen molar-refractivity contribution in [3.8, 4) is 11.5 Å². The lowest BCUT2D eigenvalue weighted by atomic mass is 9.83. The molecule has 0 bridgehead atoms. The first-order valence-electron chi connectivity index (χ1n) is 14.4. The van der Waals surface area contributed by atoms with Gasteiger partial charge in [0.15, 0.2) is 4.80 Å². The Hall–Kier alpha value is -4.94. The molecule has 2 aliphatic rings. The Morgan fingerprint density at radius 3 is 2.30 bits per heavy atom. The molecule has 6 aromatic rings. The van der Waals surface area contributed by atoms with Gasteiger partial charge >= 0.3 is 0 Å². The van der Waals surface area contributed by atoms with E-state index < -0.39 is 0 Å². The zero-order valence-corrected chi connectivity index (χ0v) is 24.7. The van der Waals surface area contributed by atoms with Crippen LogP contribution in [0.5, 0.6) is 11.5 Å². The zero-order valence-electron chi connectivity index (χ0n) is 23.8. The maximum atomic E-state index is 14.5. The molecule has 0 N–H and O–H groups in total. The molecule has 6 heteroatoms. The predicted molar refractivity (Wildman–Crippen MR) is 174 cm³/mol. The summed E-state index contributed by atoms with van der Waals surface area (Å²) in [6.07, 6.45) is 3.75. The number of methoxy groups -OCH3 is 2. The molecule has 5 nitrogen and oxygen atoms in total. The van der Waals surface area contributed by atoms with Gasteiger partial charge in [0.05, 0.1) is 30.5 Å². The maximum absolute atomic E-state index is 14.5. The molecular formula is C37H28N2O3S. The summed E-state index contributed by atoms with van der Waals surface area (Å²) in [4.78, 5) is 20.4. The Morgan fingerprint density at radius 2 is 1.56 bits per heavy atom. The van der Waals surface area contributed by atoms with E-state index in [4.69, 9.17) is 14.5 Å². The second kappa shape index (κ2) is 10.1. The molecule has 0 amide bonds. The molecule has 1 atom stereocenters. The van der Waals surface area contributed by atoms with E-state index in [1.165, 1.54) is 16.9 Å². The quantitative estimate of drug-likeness (QED) is 0.220. The Labute approximate surface area is 252 Å². The van der Waals surface area contributed by atoms with Gasteiger partial charge in [0.1, 0.15) is 11.5 Å². The van der Waals surface area contributed by atoms with Gasteiger partial charge in [-0.05, 0) is 81.4 Å². The smallest absolute Gasteiger partial charge is 0.271 e. The van der Waals surface area contributed by atoms with Gasteiger partial charge in [-0.25, -0.2) is 4.99 Å². The molecule has 43 heavy (non-hydrogen) atoms. The van der Waals surface area contributed by atoms with E-state index in [-0.39, 0.29) is 11.6 Å². The van der Waals surface area contributed by atoms with Crippen LogP contribution < -0.4 is 24.4 Å². The third kappa shape index (κ3) is 4.05. The topological polar surface area (TPSA) is 52.8 Å². The molecule has 8 rings (SSSR count). The average molecular weight is 581 g/mol. The SMILES string of the molecule is COc1ccc(OC)c(C2C3=C(N=c4s/c(=C/c5c6ccccc6cc6ccccc56)c(=O)n42)c2ccccc2CC3)c1. The minimum Gasteiger partial charge on any atom is -0.497 e. The van der Waals surface area contributed by atoms with Crippen molar-refractivity contribution in [3.05, 3.63) is 145 Å². The van der Waals surface area contributed by atoms with Gasteiger partial charge in [-0.3, -0.25) is 9.36 Å². The summed E-state index contributed by atoms with van der Waals surface area (Å²) in [7, 11) is 3.33. The van der Waals surface area contributed by atoms with E-state index >= 15 is 0 Å². The summed E-state index contributed by atoms with van der Waals surface area (Å²) in [6, 6.07) is 32.8. The minimum atomic E-state index is -0.365. The summed E-state index contributed by atoms with van der Waals surface area (Å²) in [5, 5.41) is 4.52. The largest absolute Gasteiger partial charge is 0.497 e. The van der Waals surface area contributed by atoms with Crippen LogP contribution in [-0.2, 0) is 6.42 Å². The van der Waals surface area contributed by atoms with Crippen LogP contribution in [0.25, 0.3) is 33.3 Å². The van der Waals surface area contributed by atoms with Crippen molar-refractivity contribution in [3.63, 3.8) is 0 Å². The monoisotopic (exact) mass is 580 g/mol. The molecular weight excluding hydrogens is 552 g/mol. The fraction of sp³-hybridized carbons (Fsp3) is 0.135. The van der Waals surface area contributed by atoms with Crippen LogP contribution in [0.3, 0.4) is 0 Å². The summed E-state index contributed by atoms with van der Waals surface area (Å²) < 4.78 is 14.0. The number of nitrogens with zero attached hydrogens (tertiary/aromatic N) is 2. The molecule has 1 unspecified atom stereocenters. The second-order valence-electron chi connectivity index (χ2n) is 11.0. The molecule has 0 saturated heterocycles. The van der Waals surface area contributed by atoms with E-state index in [9.17, 15) is 4.79 Å². The zero-order chi connectivity index (χ0) is 29.1. The van der Waals surface area contributed by atoms with Crippen LogP contribution in [0.15, 0.2) is 112 Å².